The molecule has 0 aromatic carbocycles. The molecule has 1 aliphatic heterocycles. The number of hydrogen-bond acceptors (Lipinski definition) is 2. The molecule has 1 heterocycles. The van der Waals surface area contributed by atoms with Gasteiger partial charge >= 0.3 is 126 Å². The van der Waals surface area contributed by atoms with Gasteiger partial charge in [-0.3, -0.25) is 0 Å². The summed E-state index contributed by atoms with van der Waals surface area (Å²) in [6, 6.07) is 0. The molecule has 0 N–H and O–H groups in total. The fourth-order valence-corrected chi connectivity index (χ4v) is 3.69. The first-order valence-corrected chi connectivity index (χ1v) is 11.9. The predicted octanol–water partition coefficient (Wildman–Crippen LogP) is -4.79. The van der Waals surface area contributed by atoms with Gasteiger partial charge in [0.1, 0.15) is 0 Å². The zero-order valence-electron chi connectivity index (χ0n) is 9.05. The summed E-state index contributed by atoms with van der Waals surface area (Å²) in [5.74, 6) is 1.87. The van der Waals surface area contributed by atoms with Crippen LogP contribution in [0.2, 0.25) is 0 Å². The van der Waals surface area contributed by atoms with Crippen molar-refractivity contribution in [3.05, 3.63) is 0 Å². The van der Waals surface area contributed by atoms with Crippen LogP contribution in [0.3, 0.4) is 0 Å². The third-order valence-electron chi connectivity index (χ3n) is 2.45. The van der Waals surface area contributed by atoms with Crippen LogP contribution in [-0.4, -0.2) is 47.1 Å². The van der Waals surface area contributed by atoms with Crippen molar-refractivity contribution in [2.24, 2.45) is 0 Å². The summed E-state index contributed by atoms with van der Waals surface area (Å²) < 4.78 is 15.2. The molecule has 0 atom stereocenters. The van der Waals surface area contributed by atoms with Gasteiger partial charge in [0, 0.05) is 0 Å². The molecule has 0 radical (unpaired) electrons. The third kappa shape index (κ3) is 4.69. The molecule has 1 rings (SSSR count). The molecule has 0 aromatic rings. The maximum atomic E-state index is 5.63. The van der Waals surface area contributed by atoms with Crippen LogP contribution >= 0.6 is 17.8 Å². The Bertz CT molecular complexity index is 268. The summed E-state index contributed by atoms with van der Waals surface area (Å²) in [6.07, 6.45) is 0. The van der Waals surface area contributed by atoms with Crippen LogP contribution in [0.15, 0.2) is 0 Å². The van der Waals surface area contributed by atoms with Gasteiger partial charge in [-0.15, -0.1) is 0 Å². The monoisotopic (exact) mass is 494 g/mol. The van der Waals surface area contributed by atoms with Gasteiger partial charge in [0.15, 0.2) is 0 Å². The topological polar surface area (TPSA) is 24.5 Å². The molecule has 8 heteroatoms. The van der Waals surface area contributed by atoms with Crippen LogP contribution in [0.25, 0.3) is 0 Å². The number of rotatable bonds is 2. The Balaban J connectivity index is 2.57. The molecule has 1 aliphatic rings. The second-order valence-electron chi connectivity index (χ2n) is 3.28. The molecule has 0 spiro atoms. The van der Waals surface area contributed by atoms with E-state index >= 15 is 0 Å². The van der Waals surface area contributed by atoms with Gasteiger partial charge < -0.3 is 0 Å². The van der Waals surface area contributed by atoms with E-state index in [1.165, 1.54) is 0 Å². The molecule has 4 nitrogen and oxygen atoms in total. The fourth-order valence-electron chi connectivity index (χ4n) is 1.52. The van der Waals surface area contributed by atoms with E-state index in [1.54, 1.807) is 0 Å². The van der Waals surface area contributed by atoms with E-state index in [0.29, 0.717) is 0 Å². The molecule has 16 heavy (non-hydrogen) atoms. The second-order valence-corrected chi connectivity index (χ2v) is 6.39. The normalized spacial score (nSPS) is 16.5. The first-order chi connectivity index (χ1) is 7.69. The Hall–Kier alpha value is 0.980. The molecule has 0 bridgehead atoms. The second kappa shape index (κ2) is 8.15. The molecule has 0 saturated carbocycles. The minimum atomic E-state index is -0.653. The molecule has 96 valence electrons. The SMILES string of the molecule is CC(O[I-]Cl)=[N+]1CC[N+](=C(C)O[I-]Cl)CC1. The Morgan fingerprint density at radius 2 is 1.19 bits per heavy atom. The quantitative estimate of drug-likeness (QED) is 0.219. The van der Waals surface area contributed by atoms with E-state index in [9.17, 15) is 0 Å². The van der Waals surface area contributed by atoms with E-state index in [1.807, 2.05) is 13.8 Å². The summed E-state index contributed by atoms with van der Waals surface area (Å²) in [7, 11) is 11.3. The Labute approximate surface area is 125 Å². The summed E-state index contributed by atoms with van der Waals surface area (Å²) in [5, 5.41) is 0. The van der Waals surface area contributed by atoms with E-state index in [4.69, 9.17) is 24.0 Å². The van der Waals surface area contributed by atoms with E-state index in [0.717, 1.165) is 38.0 Å². The Morgan fingerprint density at radius 3 is 1.44 bits per heavy atom. The molecule has 0 aliphatic carbocycles. The zero-order valence-corrected chi connectivity index (χ0v) is 14.9. The molecule has 1 fully saturated rings. The van der Waals surface area contributed by atoms with E-state index < -0.39 is 41.0 Å². The molecule has 0 unspecified atom stereocenters. The maximum absolute atomic E-state index is 5.63. The number of halogens is 4. The molecule has 0 aromatic heterocycles. The summed E-state index contributed by atoms with van der Waals surface area (Å²) >= 11 is -1.31. The van der Waals surface area contributed by atoms with Crippen molar-refractivity contribution in [3.8, 4) is 0 Å². The summed E-state index contributed by atoms with van der Waals surface area (Å²) in [4.78, 5) is 0. The van der Waals surface area contributed by atoms with Gasteiger partial charge in [-0.1, -0.05) is 0 Å². The van der Waals surface area contributed by atoms with Crippen molar-refractivity contribution >= 4 is 29.6 Å². The average molecular weight is 495 g/mol. The van der Waals surface area contributed by atoms with Crippen LogP contribution in [0.4, 0.5) is 0 Å². The van der Waals surface area contributed by atoms with Gasteiger partial charge in [-0.25, -0.2) is 0 Å². The Kier molecular flexibility index (Phi) is 7.66. The minimum absolute atomic E-state index is 0.653. The van der Waals surface area contributed by atoms with Gasteiger partial charge in [0.2, 0.25) is 0 Å². The van der Waals surface area contributed by atoms with Crippen LogP contribution in [-0.2, 0) is 6.13 Å². The number of hydrogen-bond donors (Lipinski definition) is 0. The van der Waals surface area contributed by atoms with Crippen molar-refractivity contribution in [2.45, 2.75) is 13.8 Å². The third-order valence-corrected chi connectivity index (χ3v) is 4.84. The van der Waals surface area contributed by atoms with Gasteiger partial charge in [-0.05, 0) is 0 Å². The fraction of sp³-hybridized carbons (Fsp3) is 0.750. The average Bonchev–Trinajstić information content (AvgIpc) is 2.30. The van der Waals surface area contributed by atoms with Gasteiger partial charge in [-0.2, -0.15) is 0 Å². The van der Waals surface area contributed by atoms with Crippen molar-refractivity contribution < 1.29 is 56.3 Å². The predicted molar refractivity (Wildman–Crippen MR) is 55.2 cm³/mol. The van der Waals surface area contributed by atoms with Crippen LogP contribution in [0, 0.1) is 0 Å². The summed E-state index contributed by atoms with van der Waals surface area (Å²) in [5.41, 5.74) is 0. The van der Waals surface area contributed by atoms with E-state index in [-0.39, 0.29) is 0 Å². The van der Waals surface area contributed by atoms with Crippen molar-refractivity contribution in [1.29, 1.82) is 0 Å². The molecular weight excluding hydrogens is 481 g/mol. The number of piperazine rings is 1. The zero-order chi connectivity index (χ0) is 12.0. The van der Waals surface area contributed by atoms with Crippen molar-refractivity contribution in [2.75, 3.05) is 26.2 Å². The summed E-state index contributed by atoms with van der Waals surface area (Å²) in [6.45, 7) is 7.69. The number of nitrogens with zero attached hydrogens (tertiary/aromatic N) is 2. The van der Waals surface area contributed by atoms with Gasteiger partial charge in [0.05, 0.1) is 0 Å². The van der Waals surface area contributed by atoms with Gasteiger partial charge in [0.25, 0.3) is 0 Å². The Morgan fingerprint density at radius 1 is 0.875 bits per heavy atom. The molecular formula is C8H14Cl2I2N2O2. The molecule has 0 amide bonds. The molecule has 1 saturated heterocycles. The van der Waals surface area contributed by atoms with Crippen LogP contribution in [0.5, 0.6) is 0 Å². The first kappa shape index (κ1) is 15.0. The van der Waals surface area contributed by atoms with E-state index in [2.05, 4.69) is 9.15 Å². The first-order valence-electron chi connectivity index (χ1n) is 4.71. The van der Waals surface area contributed by atoms with Crippen molar-refractivity contribution in [3.63, 3.8) is 0 Å². The standard InChI is InChI=1S/C8H14Cl2I2N2O2/c1-7(15-11-9)13-3-5-14(6-4-13)8(2)16-12-10/h3-6H2,1-2H3. The van der Waals surface area contributed by atoms with Crippen LogP contribution < -0.4 is 41.0 Å². The van der Waals surface area contributed by atoms with Crippen molar-refractivity contribution in [1.82, 2.24) is 0 Å². The van der Waals surface area contributed by atoms with Crippen LogP contribution in [0.1, 0.15) is 13.8 Å².